The smallest absolute Gasteiger partial charge is 0.404 e. The summed E-state index contributed by atoms with van der Waals surface area (Å²) in [6, 6.07) is -2.94. The van der Waals surface area contributed by atoms with Crippen LogP contribution in [0, 0.1) is 33.1 Å². The first kappa shape index (κ1) is 94.0. The second kappa shape index (κ2) is 43.5. The van der Waals surface area contributed by atoms with Gasteiger partial charge >= 0.3 is 16.1 Å². The number of ether oxygens (including phenoxy) is 5. The molecule has 26 N–H and O–H groups in total. The Morgan fingerprint density at radius 1 is 0.706 bits per heavy atom. The number of nitrogens with one attached hydrogen (secondary N) is 8. The van der Waals surface area contributed by atoms with Crippen molar-refractivity contribution in [1.82, 2.24) is 72.0 Å². The minimum atomic E-state index is -2.23. The van der Waals surface area contributed by atoms with Gasteiger partial charge in [0.15, 0.2) is 18.7 Å². The van der Waals surface area contributed by atoms with E-state index in [1.807, 2.05) is 0 Å². The second-order valence-electron chi connectivity index (χ2n) is 27.2. The number of carbonyl (C=O) groups is 10. The van der Waals surface area contributed by atoms with E-state index in [9.17, 15) is 104 Å². The number of carbonyl (C=O) groups excluding carboxylic acids is 10. The average Bonchev–Trinajstić information content (AvgIpc) is 1.40. The number of unbranched alkanes of at least 4 members (excludes halogenated alkanes) is 1. The fourth-order valence-electron chi connectivity index (χ4n) is 12.0. The van der Waals surface area contributed by atoms with E-state index >= 15 is 4.79 Å². The Hall–Kier alpha value is -10.5. The van der Waals surface area contributed by atoms with Crippen LogP contribution in [-0.4, -0.2) is 295 Å². The number of hydrogen-bond acceptors (Lipinski definition) is 39. The number of aromatic amines is 1. The topological polar surface area (TPSA) is 763 Å². The molecule has 6 aromatic rings. The Bertz CT molecular complexity index is 4540. The van der Waals surface area contributed by atoms with E-state index in [1.54, 1.807) is 5.38 Å². The highest BCUT2D eigenvalue weighted by atomic mass is 32.1. The van der Waals surface area contributed by atoms with E-state index in [0.717, 1.165) is 35.2 Å². The number of H-pyrrole nitrogens is 1. The molecule has 10 amide bonds. The average molecular weight is 1750 g/mol. The number of thiophene rings is 2. The standard InChI is InChI=1S/C67H91N21O27S4/c1-26-43(82-56(85-54(26)70)31(18-39(69)92)77-19-30(68)55(71)98)61(103)84-45(51(32-20-73-25-78-32)113-66-53(49(96)47(94)35(21-89)112-66)114-65-50(97)52(115-67(72)106)48(95)36(22-90)111-65)62(104)79-28(3)46(93)27(2)57(99)83-44(29(4)91)60(102)76-15-12-40-80-34(24-116-40)63-81-33(23-117-63)58(100)74-14-7-17-86(64(105)38-9-11-42(119-38)88(109)110)16-6-5-13-75-59(101)37-8-10-41(118-37)87(107)108/h8-11,20,23-25,27-31,35-36,44-53,65-66,77,89-91,93-97H,5-7,12-19,21-22,68H2,1-4H3,(H2,69,92)(H2,71,98)(H2,72,106)(H,73,78)(H,74,100)(H,75,101)(H,76,102)(H,79,104)(H,83,99)(H,84,103)(H2,70,82,85)/t27-,28+,29+,30-,31-,35-,36+,44-,45-,46-,47+,48+,49-,50-,51-,52-,53-,65+,66-/m0/s1. The van der Waals surface area contributed by atoms with Crippen molar-refractivity contribution < 1.29 is 122 Å². The minimum absolute atomic E-state index is 0.0501. The molecule has 48 nitrogen and oxygen atoms in total. The summed E-state index contributed by atoms with van der Waals surface area (Å²) in [6.45, 7) is 2.94. The highest BCUT2D eigenvalue weighted by Crippen LogP contribution is 2.36. The summed E-state index contributed by atoms with van der Waals surface area (Å²) in [5.74, 6) is -10.3. The highest BCUT2D eigenvalue weighted by molar-refractivity contribution is 7.17. The van der Waals surface area contributed by atoms with E-state index in [1.165, 1.54) is 73.6 Å². The van der Waals surface area contributed by atoms with Gasteiger partial charge in [0.1, 0.15) is 94.6 Å². The molecule has 8 rings (SSSR count). The van der Waals surface area contributed by atoms with Crippen LogP contribution in [0.3, 0.4) is 0 Å². The normalized spacial score (nSPS) is 21.4. The van der Waals surface area contributed by atoms with Gasteiger partial charge in [-0.15, -0.1) is 22.7 Å². The molecule has 2 fully saturated rings. The molecule has 0 aliphatic carbocycles. The van der Waals surface area contributed by atoms with Crippen LogP contribution in [0.1, 0.15) is 121 Å². The molecule has 2 aliphatic heterocycles. The number of nitrogens with zero attached hydrogens (tertiary/aromatic N) is 8. The molecular weight excluding hydrogens is 1660 g/mol. The molecule has 0 unspecified atom stereocenters. The molecule has 0 saturated carbocycles. The summed E-state index contributed by atoms with van der Waals surface area (Å²) in [5, 5.41) is 133. The molecule has 0 bridgehead atoms. The molecule has 0 radical (unpaired) electrons. The van der Waals surface area contributed by atoms with Crippen molar-refractivity contribution in [3.63, 3.8) is 0 Å². The fraction of sp³-hybridized carbons (Fsp3) is 0.537. The fourth-order valence-corrected chi connectivity index (χ4v) is 15.1. The first-order valence-corrected chi connectivity index (χ1v) is 39.8. The molecular formula is C67H91N21O27S4. The van der Waals surface area contributed by atoms with Gasteiger partial charge < -0.3 is 140 Å². The van der Waals surface area contributed by atoms with E-state index in [2.05, 4.69) is 67.1 Å². The molecule has 650 valence electrons. The van der Waals surface area contributed by atoms with Gasteiger partial charge in [0.2, 0.25) is 29.5 Å². The quantitative estimate of drug-likeness (QED) is 0.00965. The lowest BCUT2D eigenvalue weighted by atomic mass is 9.96. The van der Waals surface area contributed by atoms with E-state index in [4.69, 9.17) is 52.4 Å². The number of imidazole rings is 1. The number of hydrogen-bond donors (Lipinski definition) is 21. The number of nitrogen functional groups attached to an aromatic ring is 1. The Balaban J connectivity index is 0.921. The number of primary amides is 3. The van der Waals surface area contributed by atoms with Gasteiger partial charge in [-0.3, -0.25) is 63.4 Å². The van der Waals surface area contributed by atoms with Crippen molar-refractivity contribution in [2.45, 2.75) is 170 Å². The zero-order valence-corrected chi connectivity index (χ0v) is 67.0. The van der Waals surface area contributed by atoms with Gasteiger partial charge in [-0.1, -0.05) is 29.6 Å². The predicted octanol–water partition coefficient (Wildman–Crippen LogP) is -5.29. The van der Waals surface area contributed by atoms with Gasteiger partial charge in [-0.05, 0) is 52.2 Å². The summed E-state index contributed by atoms with van der Waals surface area (Å²) >= 11 is 3.73. The lowest BCUT2D eigenvalue weighted by Crippen LogP contribution is -2.65. The number of aliphatic hydroxyl groups is 8. The maximum atomic E-state index is 15.3. The van der Waals surface area contributed by atoms with Crippen molar-refractivity contribution in [2.24, 2.45) is 28.9 Å². The Morgan fingerprint density at radius 3 is 1.98 bits per heavy atom. The molecule has 0 spiro atoms. The van der Waals surface area contributed by atoms with Crippen molar-refractivity contribution >= 4 is 120 Å². The number of thiazole rings is 2. The minimum Gasteiger partial charge on any atom is -0.441 e. The number of rotatable bonds is 44. The van der Waals surface area contributed by atoms with Crippen molar-refractivity contribution in [3.8, 4) is 10.7 Å². The zero-order chi connectivity index (χ0) is 87.4. The summed E-state index contributed by atoms with van der Waals surface area (Å²) in [7, 11) is 0. The largest absolute Gasteiger partial charge is 0.441 e. The van der Waals surface area contributed by atoms with Gasteiger partial charge in [0.25, 0.3) is 23.6 Å². The number of nitrogens with two attached hydrogens (primary N) is 5. The highest BCUT2D eigenvalue weighted by Gasteiger charge is 2.54. The Labute approximate surface area is 690 Å². The predicted molar refractivity (Wildman–Crippen MR) is 414 cm³/mol. The van der Waals surface area contributed by atoms with Crippen molar-refractivity contribution in [2.75, 3.05) is 58.2 Å². The van der Waals surface area contributed by atoms with Crippen LogP contribution in [-0.2, 0) is 54.1 Å². The van der Waals surface area contributed by atoms with Crippen LogP contribution in [0.25, 0.3) is 10.7 Å². The lowest BCUT2D eigenvalue weighted by Gasteiger charge is -2.47. The summed E-state index contributed by atoms with van der Waals surface area (Å²) in [5.41, 5.74) is 27.7. The van der Waals surface area contributed by atoms with Gasteiger partial charge in [0.05, 0.1) is 92.3 Å². The Morgan fingerprint density at radius 2 is 1.35 bits per heavy atom. The van der Waals surface area contributed by atoms with Gasteiger partial charge in [0, 0.05) is 80.6 Å². The molecule has 8 heterocycles. The van der Waals surface area contributed by atoms with Crippen molar-refractivity contribution in [1.29, 1.82) is 0 Å². The summed E-state index contributed by atoms with van der Waals surface area (Å²) < 4.78 is 28.8. The maximum absolute atomic E-state index is 15.3. The third kappa shape index (κ3) is 25.1. The van der Waals surface area contributed by atoms with Gasteiger partial charge in [-0.2, -0.15) is 0 Å². The molecule has 2 aliphatic rings. The lowest BCUT2D eigenvalue weighted by molar-refractivity contribution is -0.380. The first-order chi connectivity index (χ1) is 56.4. The second-order valence-corrected chi connectivity index (χ2v) is 31.1. The summed E-state index contributed by atoms with van der Waals surface area (Å²) in [6.07, 6.45) is -24.7. The van der Waals surface area contributed by atoms with E-state index in [-0.39, 0.29) is 100 Å². The zero-order valence-electron chi connectivity index (χ0n) is 63.7. The monoisotopic (exact) mass is 1750 g/mol. The van der Waals surface area contributed by atoms with E-state index in [0.29, 0.717) is 39.9 Å². The molecule has 19 atom stereocenters. The molecule has 52 heteroatoms. The number of amides is 10. The maximum Gasteiger partial charge on any atom is 0.404 e. The number of aliphatic hydroxyl groups excluding tert-OH is 8. The first-order valence-electron chi connectivity index (χ1n) is 36.4. The van der Waals surface area contributed by atoms with Crippen LogP contribution in [0.5, 0.6) is 0 Å². The SMILES string of the molecule is Cc1c(N)nc([C@H](CC(N)=O)NC[C@H](N)C(N)=O)nc1C(=O)N[C@H](C(=O)N[C@H](C)[C@@H](O)[C@H](C)C(=O)N[C@H](C(=O)NCCc1nc(-c2nc(C(=O)NCCCN(CCCCNC(=O)c3ccc([N+](=O)[O-])s3)C(=O)c3ccc([N+](=O)[O-])s3)cs2)cs1)[C@@H](C)O)[C@@H](O[C@@H]1O[C@@H](CO)[C@@H](O)[C@H](O)[C@@H]1O[C@H]1O[C@H](CO)[C@@H](O)[C@H](OC(N)=O)[C@@H]1O)c1cnc[nH]1. The molecule has 119 heavy (non-hydrogen) atoms. The molecule has 0 aromatic carbocycles. The van der Waals surface area contributed by atoms with Crippen LogP contribution < -0.4 is 65.9 Å². The van der Waals surface area contributed by atoms with Gasteiger partial charge in [-0.25, -0.2) is 29.7 Å². The van der Waals surface area contributed by atoms with Crippen LogP contribution in [0.4, 0.5) is 20.6 Å². The van der Waals surface area contributed by atoms with Crippen LogP contribution in [0.15, 0.2) is 47.5 Å². The molecule has 6 aromatic heterocycles. The van der Waals surface area contributed by atoms with Crippen LogP contribution in [0.2, 0.25) is 0 Å². The van der Waals surface area contributed by atoms with Crippen molar-refractivity contribution in [3.05, 3.63) is 111 Å². The number of aromatic nitrogens is 6. The van der Waals surface area contributed by atoms with Crippen LogP contribution >= 0.6 is 45.3 Å². The van der Waals surface area contributed by atoms with E-state index < -0.39 is 210 Å². The summed E-state index contributed by atoms with van der Waals surface area (Å²) in [4.78, 5) is 181. The third-order valence-electron chi connectivity index (χ3n) is 18.6. The third-order valence-corrected chi connectivity index (χ3v) is 22.4. The number of nitro groups is 2. The molecule has 2 saturated heterocycles. The number of anilines is 1. The Kier molecular flexibility index (Phi) is 34.3.